The Bertz CT molecular complexity index is 626. The summed E-state index contributed by atoms with van der Waals surface area (Å²) in [4.78, 5) is 5.40. The van der Waals surface area contributed by atoms with E-state index in [0.29, 0.717) is 23.8 Å². The van der Waals surface area contributed by atoms with E-state index in [1.54, 1.807) is 0 Å². The number of nitrogens with zero attached hydrogens (tertiary/aromatic N) is 2. The molecule has 160 valence electrons. The molecule has 0 aliphatic carbocycles. The number of ether oxygens (including phenoxy) is 2. The number of rotatable bonds is 10. The first-order valence-electron chi connectivity index (χ1n) is 8.53. The molecule has 0 amide bonds. The smallest absolute Gasteiger partial charge is 0.401 e. The summed E-state index contributed by atoms with van der Waals surface area (Å²) in [6.07, 6.45) is -4.26. The lowest BCUT2D eigenvalue weighted by Gasteiger charge is -2.19. The van der Waals surface area contributed by atoms with Crippen LogP contribution in [0.2, 0.25) is 0 Å². The molecule has 0 fully saturated rings. The summed E-state index contributed by atoms with van der Waals surface area (Å²) in [5, 5.41) is 5.85. The zero-order valence-corrected chi connectivity index (χ0v) is 15.9. The Morgan fingerprint density at radius 2 is 1.96 bits per heavy atom. The van der Waals surface area contributed by atoms with Gasteiger partial charge in [-0.3, -0.25) is 4.90 Å². The second kappa shape index (κ2) is 11.5. The van der Waals surface area contributed by atoms with Crippen molar-refractivity contribution in [1.82, 2.24) is 15.5 Å². The molecule has 0 aliphatic heterocycles. The van der Waals surface area contributed by atoms with Gasteiger partial charge in [-0.15, -0.1) is 0 Å². The van der Waals surface area contributed by atoms with Crippen LogP contribution in [-0.2, 0) is 6.54 Å². The number of nitrogens with one attached hydrogen (secondary N) is 2. The summed E-state index contributed by atoms with van der Waals surface area (Å²) in [5.74, 6) is 0.771. The van der Waals surface area contributed by atoms with Gasteiger partial charge in [-0.05, 0) is 32.2 Å². The van der Waals surface area contributed by atoms with Crippen molar-refractivity contribution in [1.29, 1.82) is 0 Å². The van der Waals surface area contributed by atoms with Crippen molar-refractivity contribution < 1.29 is 31.4 Å². The van der Waals surface area contributed by atoms with Crippen molar-refractivity contribution in [3.05, 3.63) is 23.8 Å². The Morgan fingerprint density at radius 3 is 2.54 bits per heavy atom. The van der Waals surface area contributed by atoms with Crippen LogP contribution in [0.15, 0.2) is 23.2 Å². The van der Waals surface area contributed by atoms with Gasteiger partial charge in [0.05, 0.1) is 20.2 Å². The second-order valence-electron chi connectivity index (χ2n) is 5.83. The first-order valence-corrected chi connectivity index (χ1v) is 8.53. The fraction of sp³-hybridized carbons (Fsp3) is 0.588. The fourth-order valence-electron chi connectivity index (χ4n) is 2.27. The molecule has 0 bridgehead atoms. The van der Waals surface area contributed by atoms with E-state index in [1.807, 2.05) is 6.92 Å². The first kappa shape index (κ1) is 23.7. The van der Waals surface area contributed by atoms with Crippen molar-refractivity contribution in [3.8, 4) is 11.5 Å². The highest BCUT2D eigenvalue weighted by Crippen LogP contribution is 2.26. The predicted octanol–water partition coefficient (Wildman–Crippen LogP) is 2.85. The maximum Gasteiger partial charge on any atom is 0.401 e. The molecule has 1 aromatic rings. The van der Waals surface area contributed by atoms with Gasteiger partial charge in [0.15, 0.2) is 5.96 Å². The van der Waals surface area contributed by atoms with E-state index in [-0.39, 0.29) is 25.4 Å². The molecule has 0 heterocycles. The molecule has 2 N–H and O–H groups in total. The minimum absolute atomic E-state index is 0.00692. The maximum absolute atomic E-state index is 12.6. The van der Waals surface area contributed by atoms with Crippen LogP contribution in [0.4, 0.5) is 22.0 Å². The van der Waals surface area contributed by atoms with Gasteiger partial charge < -0.3 is 20.1 Å². The highest BCUT2D eigenvalue weighted by atomic mass is 19.4. The van der Waals surface area contributed by atoms with Gasteiger partial charge in [0.1, 0.15) is 11.5 Å². The Labute approximate surface area is 160 Å². The molecule has 6 nitrogen and oxygen atoms in total. The van der Waals surface area contributed by atoms with Crippen molar-refractivity contribution in [2.24, 2.45) is 4.99 Å². The summed E-state index contributed by atoms with van der Waals surface area (Å²) < 4.78 is 71.7. The van der Waals surface area contributed by atoms with Crippen LogP contribution in [0.1, 0.15) is 12.5 Å². The van der Waals surface area contributed by atoms with Crippen LogP contribution >= 0.6 is 0 Å². The van der Waals surface area contributed by atoms with E-state index in [0.717, 1.165) is 4.90 Å². The Hall–Kier alpha value is -2.30. The van der Waals surface area contributed by atoms with Crippen molar-refractivity contribution in [2.45, 2.75) is 26.3 Å². The molecule has 0 aliphatic rings. The number of benzene rings is 1. The number of guanidine groups is 1. The van der Waals surface area contributed by atoms with E-state index in [9.17, 15) is 22.0 Å². The molecule has 0 aromatic heterocycles. The molecule has 0 unspecified atom stereocenters. The van der Waals surface area contributed by atoms with Gasteiger partial charge in [-0.25, -0.2) is 4.99 Å². The van der Waals surface area contributed by atoms with Gasteiger partial charge in [-0.1, -0.05) is 0 Å². The number of aliphatic imine (C=N–C) groups is 1. The molecule has 11 heteroatoms. The lowest BCUT2D eigenvalue weighted by atomic mass is 10.2. The molecule has 1 rings (SSSR count). The van der Waals surface area contributed by atoms with Gasteiger partial charge in [0, 0.05) is 25.2 Å². The van der Waals surface area contributed by atoms with Crippen LogP contribution in [0, 0.1) is 0 Å². The highest BCUT2D eigenvalue weighted by molar-refractivity contribution is 5.79. The van der Waals surface area contributed by atoms with Crippen LogP contribution in [0.5, 0.6) is 11.5 Å². The average Bonchev–Trinajstić information content (AvgIpc) is 2.58. The topological polar surface area (TPSA) is 58.1 Å². The van der Waals surface area contributed by atoms with Crippen LogP contribution in [0.3, 0.4) is 0 Å². The van der Waals surface area contributed by atoms with Crippen molar-refractivity contribution in [2.75, 3.05) is 40.3 Å². The third-order valence-electron chi connectivity index (χ3n) is 3.47. The summed E-state index contributed by atoms with van der Waals surface area (Å²) >= 11 is 0. The molecule has 0 atom stereocenters. The molecular formula is C17H25F5N4O2. The molecular weight excluding hydrogens is 387 g/mol. The predicted molar refractivity (Wildman–Crippen MR) is 96.0 cm³/mol. The van der Waals surface area contributed by atoms with Gasteiger partial charge in [0.2, 0.25) is 0 Å². The third-order valence-corrected chi connectivity index (χ3v) is 3.47. The largest absolute Gasteiger partial charge is 0.497 e. The molecule has 28 heavy (non-hydrogen) atoms. The third kappa shape index (κ3) is 9.58. The van der Waals surface area contributed by atoms with E-state index >= 15 is 0 Å². The SMILES string of the molecule is CCNC(=NCc1cc(OC)ccc1OC(F)F)NCCN(C)CC(F)(F)F. The normalized spacial score (nSPS) is 12.4. The molecule has 0 saturated carbocycles. The summed E-state index contributed by atoms with van der Waals surface area (Å²) in [6.45, 7) is -1.29. The molecule has 0 radical (unpaired) electrons. The van der Waals surface area contributed by atoms with E-state index in [1.165, 1.54) is 32.4 Å². The summed E-state index contributed by atoms with van der Waals surface area (Å²) in [7, 11) is 2.81. The lowest BCUT2D eigenvalue weighted by Crippen LogP contribution is -2.42. The minimum atomic E-state index is -4.26. The summed E-state index contributed by atoms with van der Waals surface area (Å²) in [5.41, 5.74) is 0.381. The van der Waals surface area contributed by atoms with E-state index in [4.69, 9.17) is 4.74 Å². The standard InChI is InChI=1S/C17H25F5N4O2/c1-4-23-16(24-7-8-26(2)11-17(20,21)22)25-10-12-9-13(27-3)5-6-14(12)28-15(18)19/h5-6,9,15H,4,7-8,10-11H2,1-3H3,(H2,23,24,25). The van der Waals surface area contributed by atoms with Crippen molar-refractivity contribution >= 4 is 5.96 Å². The Balaban J connectivity index is 2.75. The quantitative estimate of drug-likeness (QED) is 0.352. The monoisotopic (exact) mass is 412 g/mol. The average molecular weight is 412 g/mol. The van der Waals surface area contributed by atoms with Gasteiger partial charge in [-0.2, -0.15) is 22.0 Å². The van der Waals surface area contributed by atoms with Gasteiger partial charge in [0.25, 0.3) is 0 Å². The molecule has 0 saturated heterocycles. The van der Waals surface area contributed by atoms with E-state index < -0.39 is 19.3 Å². The lowest BCUT2D eigenvalue weighted by molar-refractivity contribution is -0.142. The Kier molecular flexibility index (Phi) is 9.77. The highest BCUT2D eigenvalue weighted by Gasteiger charge is 2.28. The Morgan fingerprint density at radius 1 is 1.25 bits per heavy atom. The number of alkyl halides is 5. The molecule has 1 aromatic carbocycles. The fourth-order valence-corrected chi connectivity index (χ4v) is 2.27. The van der Waals surface area contributed by atoms with Crippen LogP contribution < -0.4 is 20.1 Å². The zero-order valence-electron chi connectivity index (χ0n) is 15.9. The summed E-state index contributed by atoms with van der Waals surface area (Å²) in [6, 6.07) is 4.38. The number of methoxy groups -OCH3 is 1. The van der Waals surface area contributed by atoms with E-state index in [2.05, 4.69) is 20.4 Å². The molecule has 0 spiro atoms. The van der Waals surface area contributed by atoms with Crippen LogP contribution in [-0.4, -0.2) is 64.0 Å². The van der Waals surface area contributed by atoms with Crippen molar-refractivity contribution in [3.63, 3.8) is 0 Å². The number of hydrogen-bond donors (Lipinski definition) is 2. The number of hydrogen-bond acceptors (Lipinski definition) is 4. The van der Waals surface area contributed by atoms with Crippen LogP contribution in [0.25, 0.3) is 0 Å². The number of likely N-dealkylation sites (N-methyl/N-ethyl adjacent to an activating group) is 1. The first-order chi connectivity index (χ1) is 13.1. The maximum atomic E-state index is 12.6. The second-order valence-corrected chi connectivity index (χ2v) is 5.83. The zero-order chi connectivity index (χ0) is 21.2. The number of halogens is 5. The minimum Gasteiger partial charge on any atom is -0.497 e. The van der Waals surface area contributed by atoms with Gasteiger partial charge >= 0.3 is 12.8 Å².